The summed E-state index contributed by atoms with van der Waals surface area (Å²) in [6, 6.07) is 0. The quantitative estimate of drug-likeness (QED) is 0.743. The number of nitrogens with one attached hydrogen (secondary N) is 1. The Labute approximate surface area is 97.9 Å². The first-order chi connectivity index (χ1) is 7.52. The van der Waals surface area contributed by atoms with E-state index in [-0.39, 0.29) is 11.4 Å². The average molecular weight is 228 g/mol. The van der Waals surface area contributed by atoms with Crippen LogP contribution in [0.25, 0.3) is 0 Å². The predicted octanol–water partition coefficient (Wildman–Crippen LogP) is 1.19. The summed E-state index contributed by atoms with van der Waals surface area (Å²) >= 11 is 0. The molecule has 1 unspecified atom stereocenters. The van der Waals surface area contributed by atoms with E-state index in [1.165, 1.54) is 0 Å². The van der Waals surface area contributed by atoms with Gasteiger partial charge in [0.15, 0.2) is 0 Å². The Morgan fingerprint density at radius 2 is 2.06 bits per heavy atom. The van der Waals surface area contributed by atoms with Crippen molar-refractivity contribution in [2.75, 3.05) is 13.7 Å². The summed E-state index contributed by atoms with van der Waals surface area (Å²) in [5, 5.41) is 3.10. The molecule has 0 saturated heterocycles. The van der Waals surface area contributed by atoms with Crippen LogP contribution in [-0.2, 0) is 9.53 Å². The smallest absolute Gasteiger partial charge is 0.252 e. The van der Waals surface area contributed by atoms with Gasteiger partial charge in [-0.2, -0.15) is 0 Å². The Bertz CT molecular complexity index is 243. The number of hydrogen-bond donors (Lipinski definition) is 2. The summed E-state index contributed by atoms with van der Waals surface area (Å²) in [6.45, 7) is 4.29. The molecule has 0 aliphatic heterocycles. The fourth-order valence-electron chi connectivity index (χ4n) is 2.20. The van der Waals surface area contributed by atoms with Crippen LogP contribution in [0.5, 0.6) is 0 Å². The van der Waals surface area contributed by atoms with Crippen LogP contribution in [0.3, 0.4) is 0 Å². The number of ether oxygens (including phenoxy) is 1. The number of amides is 1. The van der Waals surface area contributed by atoms with E-state index in [1.54, 1.807) is 7.11 Å². The predicted molar refractivity (Wildman–Crippen MR) is 64.1 cm³/mol. The van der Waals surface area contributed by atoms with Gasteiger partial charge in [-0.15, -0.1) is 0 Å². The third-order valence-electron chi connectivity index (χ3n) is 3.94. The van der Waals surface area contributed by atoms with Crippen LogP contribution >= 0.6 is 0 Å². The summed E-state index contributed by atoms with van der Waals surface area (Å²) in [4.78, 5) is 12.2. The highest BCUT2D eigenvalue weighted by Gasteiger charge is 2.39. The fourth-order valence-corrected chi connectivity index (χ4v) is 2.20. The summed E-state index contributed by atoms with van der Waals surface area (Å²) in [7, 11) is 1.58. The monoisotopic (exact) mass is 228 g/mol. The minimum absolute atomic E-state index is 0.0372. The van der Waals surface area contributed by atoms with Crippen LogP contribution in [0.15, 0.2) is 0 Å². The van der Waals surface area contributed by atoms with Gasteiger partial charge in [-0.3, -0.25) is 4.79 Å². The zero-order valence-electron chi connectivity index (χ0n) is 10.6. The van der Waals surface area contributed by atoms with Gasteiger partial charge in [0.1, 0.15) is 5.60 Å². The molecule has 1 rings (SSSR count). The molecule has 0 spiro atoms. The van der Waals surface area contributed by atoms with E-state index in [9.17, 15) is 4.79 Å². The van der Waals surface area contributed by atoms with E-state index in [2.05, 4.69) is 5.32 Å². The Morgan fingerprint density at radius 3 is 2.44 bits per heavy atom. The highest BCUT2D eigenvalue weighted by Crippen LogP contribution is 2.29. The van der Waals surface area contributed by atoms with Gasteiger partial charge in [-0.25, -0.2) is 0 Å². The summed E-state index contributed by atoms with van der Waals surface area (Å²) in [6.07, 6.45) is 4.92. The minimum Gasteiger partial charge on any atom is -0.369 e. The van der Waals surface area contributed by atoms with Crippen molar-refractivity contribution >= 4 is 5.91 Å². The van der Waals surface area contributed by atoms with Gasteiger partial charge in [0.25, 0.3) is 5.91 Å². The lowest BCUT2D eigenvalue weighted by atomic mass is 9.94. The topological polar surface area (TPSA) is 64.3 Å². The summed E-state index contributed by atoms with van der Waals surface area (Å²) < 4.78 is 5.30. The number of carbonyl (C=O) groups is 1. The van der Waals surface area contributed by atoms with Crippen LogP contribution in [0.2, 0.25) is 0 Å². The third-order valence-corrected chi connectivity index (χ3v) is 3.94. The van der Waals surface area contributed by atoms with Crippen molar-refractivity contribution in [3.63, 3.8) is 0 Å². The second-order valence-electron chi connectivity index (χ2n) is 4.93. The molecular formula is C12H24N2O2. The Morgan fingerprint density at radius 1 is 1.50 bits per heavy atom. The minimum atomic E-state index is -0.731. The van der Waals surface area contributed by atoms with Crippen molar-refractivity contribution in [1.82, 2.24) is 5.32 Å². The molecule has 1 fully saturated rings. The Hall–Kier alpha value is -0.610. The van der Waals surface area contributed by atoms with E-state index in [1.807, 2.05) is 13.8 Å². The number of nitrogens with two attached hydrogens (primary N) is 1. The average Bonchev–Trinajstić information content (AvgIpc) is 2.77. The SMILES string of the molecule is CCC(C)(OC)C(=O)NC1(CN)CCCC1. The van der Waals surface area contributed by atoms with Crippen molar-refractivity contribution < 1.29 is 9.53 Å². The Kier molecular flexibility index (Phi) is 4.33. The second-order valence-corrected chi connectivity index (χ2v) is 4.93. The molecule has 1 atom stereocenters. The number of carbonyl (C=O) groups excluding carboxylic acids is 1. The number of hydrogen-bond acceptors (Lipinski definition) is 3. The molecule has 1 aliphatic rings. The third kappa shape index (κ3) is 2.55. The van der Waals surface area contributed by atoms with E-state index >= 15 is 0 Å². The largest absolute Gasteiger partial charge is 0.369 e. The van der Waals surface area contributed by atoms with Crippen LogP contribution in [0.1, 0.15) is 46.0 Å². The fraction of sp³-hybridized carbons (Fsp3) is 0.917. The maximum atomic E-state index is 12.2. The molecule has 0 bridgehead atoms. The van der Waals surface area contributed by atoms with E-state index < -0.39 is 5.60 Å². The number of rotatable bonds is 5. The van der Waals surface area contributed by atoms with Crippen LogP contribution in [-0.4, -0.2) is 30.7 Å². The molecule has 1 saturated carbocycles. The highest BCUT2D eigenvalue weighted by atomic mass is 16.5. The van der Waals surface area contributed by atoms with E-state index in [4.69, 9.17) is 10.5 Å². The van der Waals surface area contributed by atoms with Gasteiger partial charge < -0.3 is 15.8 Å². The summed E-state index contributed by atoms with van der Waals surface area (Å²) in [5.41, 5.74) is 4.87. The highest BCUT2D eigenvalue weighted by molar-refractivity contribution is 5.85. The molecule has 1 aliphatic carbocycles. The van der Waals surface area contributed by atoms with Gasteiger partial charge in [0.05, 0.1) is 5.54 Å². The first-order valence-electron chi connectivity index (χ1n) is 6.10. The molecule has 0 heterocycles. The molecule has 0 radical (unpaired) electrons. The van der Waals surface area contributed by atoms with Gasteiger partial charge >= 0.3 is 0 Å². The van der Waals surface area contributed by atoms with Crippen molar-refractivity contribution in [1.29, 1.82) is 0 Å². The molecule has 4 heteroatoms. The van der Waals surface area contributed by atoms with Crippen LogP contribution in [0.4, 0.5) is 0 Å². The molecule has 1 amide bonds. The maximum Gasteiger partial charge on any atom is 0.252 e. The zero-order chi connectivity index (χ0) is 12.2. The van der Waals surface area contributed by atoms with Crippen molar-refractivity contribution in [3.8, 4) is 0 Å². The molecule has 0 aromatic rings. The first kappa shape index (κ1) is 13.5. The zero-order valence-corrected chi connectivity index (χ0v) is 10.6. The lowest BCUT2D eigenvalue weighted by molar-refractivity contribution is -0.143. The van der Waals surface area contributed by atoms with Gasteiger partial charge in [0, 0.05) is 13.7 Å². The van der Waals surface area contributed by atoms with Crippen molar-refractivity contribution in [2.45, 2.75) is 57.1 Å². The normalized spacial score (nSPS) is 22.8. The summed E-state index contributed by atoms with van der Waals surface area (Å²) in [5.74, 6) is -0.0372. The van der Waals surface area contributed by atoms with Gasteiger partial charge in [0.2, 0.25) is 0 Å². The number of methoxy groups -OCH3 is 1. The molecule has 0 aromatic carbocycles. The van der Waals surface area contributed by atoms with E-state index in [0.717, 1.165) is 25.7 Å². The van der Waals surface area contributed by atoms with Crippen molar-refractivity contribution in [3.05, 3.63) is 0 Å². The molecule has 16 heavy (non-hydrogen) atoms. The van der Waals surface area contributed by atoms with Crippen molar-refractivity contribution in [2.24, 2.45) is 5.73 Å². The molecule has 94 valence electrons. The standard InChI is InChI=1S/C12H24N2O2/c1-4-11(2,16-3)10(15)14-12(9-13)7-5-6-8-12/h4-9,13H2,1-3H3,(H,14,15). The van der Waals surface area contributed by atoms with Crippen LogP contribution < -0.4 is 11.1 Å². The Balaban J connectivity index is 2.68. The molecule has 3 N–H and O–H groups in total. The van der Waals surface area contributed by atoms with Gasteiger partial charge in [-0.1, -0.05) is 19.8 Å². The molecular weight excluding hydrogens is 204 g/mol. The lowest BCUT2D eigenvalue weighted by Gasteiger charge is -2.34. The maximum absolute atomic E-state index is 12.2. The first-order valence-corrected chi connectivity index (χ1v) is 6.10. The molecule has 4 nitrogen and oxygen atoms in total. The van der Waals surface area contributed by atoms with E-state index in [0.29, 0.717) is 13.0 Å². The van der Waals surface area contributed by atoms with Crippen LogP contribution in [0, 0.1) is 0 Å². The lowest BCUT2D eigenvalue weighted by Crippen LogP contribution is -2.58. The second kappa shape index (κ2) is 5.15. The van der Waals surface area contributed by atoms with Gasteiger partial charge in [-0.05, 0) is 26.2 Å². The molecule has 0 aromatic heterocycles.